The van der Waals surface area contributed by atoms with Gasteiger partial charge in [0.05, 0.1) is 20.8 Å². The summed E-state index contributed by atoms with van der Waals surface area (Å²) in [5.41, 5.74) is -5.28. The maximum atomic E-state index is 12.1. The fourth-order valence-corrected chi connectivity index (χ4v) is 1.59. The largest absolute Gasteiger partial charge is 0.523 e. The van der Waals surface area contributed by atoms with Crippen molar-refractivity contribution in [1.29, 1.82) is 0 Å². The Labute approximate surface area is 108 Å². The van der Waals surface area contributed by atoms with Gasteiger partial charge in [-0.15, -0.1) is 0 Å². The van der Waals surface area contributed by atoms with Gasteiger partial charge in [0.25, 0.3) is 0 Å². The molecular formula is C10H11F3O5S. The van der Waals surface area contributed by atoms with Gasteiger partial charge < -0.3 is 9.47 Å². The van der Waals surface area contributed by atoms with Crippen molar-refractivity contribution in [3.63, 3.8) is 0 Å². The Balaban J connectivity index is 2.89. The van der Waals surface area contributed by atoms with E-state index in [1.54, 1.807) is 0 Å². The first-order valence-electron chi connectivity index (χ1n) is 4.87. The summed E-state index contributed by atoms with van der Waals surface area (Å²) in [4.78, 5) is 0. The van der Waals surface area contributed by atoms with Crippen LogP contribution in [0.4, 0.5) is 13.2 Å². The molecule has 5 nitrogen and oxygen atoms in total. The van der Waals surface area contributed by atoms with Crippen molar-refractivity contribution in [3.8, 4) is 11.5 Å². The molecule has 9 heteroatoms. The number of alkyl halides is 3. The molecule has 0 heterocycles. The zero-order chi connectivity index (χ0) is 14.7. The van der Waals surface area contributed by atoms with Crippen LogP contribution in [-0.2, 0) is 20.9 Å². The van der Waals surface area contributed by atoms with E-state index < -0.39 is 22.2 Å². The zero-order valence-electron chi connectivity index (χ0n) is 10.0. The van der Waals surface area contributed by atoms with E-state index in [2.05, 4.69) is 4.18 Å². The molecule has 1 aromatic rings. The Hall–Kier alpha value is -1.48. The Morgan fingerprint density at radius 1 is 1.05 bits per heavy atom. The number of hydrogen-bond donors (Lipinski definition) is 0. The summed E-state index contributed by atoms with van der Waals surface area (Å²) in [6.07, 6.45) is 0. The molecule has 19 heavy (non-hydrogen) atoms. The fraction of sp³-hybridized carbons (Fsp3) is 0.400. The molecule has 0 N–H and O–H groups in total. The monoisotopic (exact) mass is 300 g/mol. The van der Waals surface area contributed by atoms with Crippen LogP contribution >= 0.6 is 0 Å². The maximum absolute atomic E-state index is 12.1. The first-order chi connectivity index (χ1) is 8.69. The van der Waals surface area contributed by atoms with Crippen LogP contribution in [0.3, 0.4) is 0 Å². The first-order valence-corrected chi connectivity index (χ1v) is 6.28. The lowest BCUT2D eigenvalue weighted by Crippen LogP contribution is -2.25. The third kappa shape index (κ3) is 4.00. The molecule has 0 spiro atoms. The minimum Gasteiger partial charge on any atom is -0.497 e. The topological polar surface area (TPSA) is 61.8 Å². The first kappa shape index (κ1) is 15.6. The summed E-state index contributed by atoms with van der Waals surface area (Å²) in [5, 5.41) is 0. The summed E-state index contributed by atoms with van der Waals surface area (Å²) in [7, 11) is -2.91. The van der Waals surface area contributed by atoms with E-state index >= 15 is 0 Å². The van der Waals surface area contributed by atoms with Gasteiger partial charge >= 0.3 is 15.6 Å². The summed E-state index contributed by atoms with van der Waals surface area (Å²) in [5.74, 6) is 0.615. The van der Waals surface area contributed by atoms with E-state index in [4.69, 9.17) is 9.47 Å². The molecule has 0 bridgehead atoms. The van der Waals surface area contributed by atoms with E-state index in [1.165, 1.54) is 32.4 Å². The Morgan fingerprint density at radius 3 is 1.89 bits per heavy atom. The lowest BCUT2D eigenvalue weighted by Gasteiger charge is -2.10. The predicted molar refractivity (Wildman–Crippen MR) is 59.3 cm³/mol. The molecule has 0 aliphatic rings. The number of halogens is 3. The van der Waals surface area contributed by atoms with Crippen molar-refractivity contribution in [3.05, 3.63) is 23.8 Å². The Kier molecular flexibility index (Phi) is 4.64. The fourth-order valence-electron chi connectivity index (χ4n) is 1.16. The van der Waals surface area contributed by atoms with Crippen LogP contribution in [0.15, 0.2) is 18.2 Å². The third-order valence-electron chi connectivity index (χ3n) is 2.08. The van der Waals surface area contributed by atoms with E-state index in [-0.39, 0.29) is 5.56 Å². The molecule has 0 saturated heterocycles. The van der Waals surface area contributed by atoms with Crippen molar-refractivity contribution >= 4 is 10.1 Å². The highest BCUT2D eigenvalue weighted by Gasteiger charge is 2.47. The maximum Gasteiger partial charge on any atom is 0.523 e. The van der Waals surface area contributed by atoms with Gasteiger partial charge in [-0.25, -0.2) is 0 Å². The standard InChI is InChI=1S/C10H11F3O5S/c1-16-8-3-7(4-9(5-8)17-2)6-18-19(14,15)10(11,12)13/h3-5H,6H2,1-2H3. The molecule has 0 saturated carbocycles. The summed E-state index contributed by atoms with van der Waals surface area (Å²) in [6.45, 7) is -0.768. The summed E-state index contributed by atoms with van der Waals surface area (Å²) in [6, 6.07) is 4.17. The molecule has 0 aliphatic carbocycles. The molecular weight excluding hydrogens is 289 g/mol. The van der Waals surface area contributed by atoms with Gasteiger partial charge in [0.15, 0.2) is 0 Å². The van der Waals surface area contributed by atoms with Gasteiger partial charge in [-0.2, -0.15) is 21.6 Å². The number of hydrogen-bond acceptors (Lipinski definition) is 5. The predicted octanol–water partition coefficient (Wildman–Crippen LogP) is 2.07. The lowest BCUT2D eigenvalue weighted by atomic mass is 10.2. The van der Waals surface area contributed by atoms with Crippen molar-refractivity contribution in [1.82, 2.24) is 0 Å². The Bertz CT molecular complexity index is 516. The molecule has 0 radical (unpaired) electrons. The normalized spacial score (nSPS) is 12.3. The highest BCUT2D eigenvalue weighted by atomic mass is 32.2. The van der Waals surface area contributed by atoms with Crippen LogP contribution in [0.1, 0.15) is 5.56 Å². The minimum absolute atomic E-state index is 0.170. The van der Waals surface area contributed by atoms with E-state index in [0.717, 1.165) is 0 Å². The van der Waals surface area contributed by atoms with Crippen LogP contribution < -0.4 is 9.47 Å². The number of benzene rings is 1. The Morgan fingerprint density at radius 2 is 1.53 bits per heavy atom. The van der Waals surface area contributed by atoms with E-state index in [1.807, 2.05) is 0 Å². The number of rotatable bonds is 5. The molecule has 0 atom stereocenters. The SMILES string of the molecule is COc1cc(COS(=O)(=O)C(F)(F)F)cc(OC)c1. The van der Waals surface area contributed by atoms with Crippen molar-refractivity contribution in [2.75, 3.05) is 14.2 Å². The second-order valence-corrected chi connectivity index (χ2v) is 4.99. The van der Waals surface area contributed by atoms with Crippen LogP contribution in [0.2, 0.25) is 0 Å². The number of ether oxygens (including phenoxy) is 2. The lowest BCUT2D eigenvalue weighted by molar-refractivity contribution is -0.0547. The van der Waals surface area contributed by atoms with Crippen molar-refractivity contribution in [2.24, 2.45) is 0 Å². The zero-order valence-corrected chi connectivity index (χ0v) is 10.8. The van der Waals surface area contributed by atoms with Crippen LogP contribution in [0.25, 0.3) is 0 Å². The van der Waals surface area contributed by atoms with E-state index in [0.29, 0.717) is 11.5 Å². The van der Waals surface area contributed by atoms with E-state index in [9.17, 15) is 21.6 Å². The number of methoxy groups -OCH3 is 2. The summed E-state index contributed by atoms with van der Waals surface area (Å²) >= 11 is 0. The van der Waals surface area contributed by atoms with Crippen LogP contribution in [0, 0.1) is 0 Å². The van der Waals surface area contributed by atoms with Gasteiger partial charge in [0.2, 0.25) is 0 Å². The van der Waals surface area contributed by atoms with Gasteiger partial charge in [-0.3, -0.25) is 4.18 Å². The minimum atomic E-state index is -5.62. The van der Waals surface area contributed by atoms with Crippen molar-refractivity contribution < 1.29 is 35.2 Å². The smallest absolute Gasteiger partial charge is 0.497 e. The highest BCUT2D eigenvalue weighted by Crippen LogP contribution is 2.27. The molecule has 0 aliphatic heterocycles. The van der Waals surface area contributed by atoms with Gasteiger partial charge in [0.1, 0.15) is 11.5 Å². The van der Waals surface area contributed by atoms with Gasteiger partial charge in [-0.05, 0) is 17.7 Å². The van der Waals surface area contributed by atoms with Crippen LogP contribution in [0.5, 0.6) is 11.5 Å². The second-order valence-electron chi connectivity index (χ2n) is 3.38. The molecule has 108 valence electrons. The third-order valence-corrected chi connectivity index (χ3v) is 3.07. The van der Waals surface area contributed by atoms with Gasteiger partial charge in [-0.1, -0.05) is 0 Å². The highest BCUT2D eigenvalue weighted by molar-refractivity contribution is 7.87. The van der Waals surface area contributed by atoms with Crippen molar-refractivity contribution in [2.45, 2.75) is 12.1 Å². The van der Waals surface area contributed by atoms with Gasteiger partial charge in [0, 0.05) is 6.07 Å². The average Bonchev–Trinajstić information content (AvgIpc) is 2.34. The quantitative estimate of drug-likeness (QED) is 0.615. The molecule has 0 fully saturated rings. The second kappa shape index (κ2) is 5.66. The van der Waals surface area contributed by atoms with Crippen LogP contribution in [-0.4, -0.2) is 28.1 Å². The molecule has 1 aromatic carbocycles. The average molecular weight is 300 g/mol. The molecule has 1 rings (SSSR count). The summed E-state index contributed by atoms with van der Waals surface area (Å²) < 4.78 is 71.3. The molecule has 0 unspecified atom stereocenters. The molecule has 0 aromatic heterocycles. The molecule has 0 amide bonds.